The lowest BCUT2D eigenvalue weighted by Gasteiger charge is -2.07. The Hall–Kier alpha value is -2.60. The molecule has 0 bridgehead atoms. The summed E-state index contributed by atoms with van der Waals surface area (Å²) in [6.07, 6.45) is 0. The summed E-state index contributed by atoms with van der Waals surface area (Å²) in [5, 5.41) is 7.99. The van der Waals surface area contributed by atoms with Gasteiger partial charge in [0.2, 0.25) is 0 Å². The van der Waals surface area contributed by atoms with Crippen LogP contribution in [0.3, 0.4) is 0 Å². The number of benzene rings is 2. The highest BCUT2D eigenvalue weighted by Crippen LogP contribution is 2.25. The molecule has 0 N–H and O–H groups in total. The third-order valence-corrected chi connectivity index (χ3v) is 4.44. The van der Waals surface area contributed by atoms with Gasteiger partial charge >= 0.3 is 0 Å². The number of hydrogen-bond donors (Lipinski definition) is 0. The highest BCUT2D eigenvalue weighted by molar-refractivity contribution is 8.00. The minimum atomic E-state index is -0.312. The zero-order valence-electron chi connectivity index (χ0n) is 14.0. The molecule has 0 radical (unpaired) electrons. The molecule has 0 aliphatic rings. The van der Waals surface area contributed by atoms with Gasteiger partial charge in [0.1, 0.15) is 5.75 Å². The monoisotopic (exact) mass is 354 g/mol. The molecule has 0 saturated heterocycles. The van der Waals surface area contributed by atoms with Gasteiger partial charge in [-0.3, -0.25) is 4.79 Å². The predicted molar refractivity (Wildman–Crippen MR) is 95.9 cm³/mol. The Labute approximate surface area is 150 Å². The molecule has 0 spiro atoms. The second-order valence-electron chi connectivity index (χ2n) is 5.56. The number of rotatable bonds is 7. The Morgan fingerprint density at radius 3 is 2.72 bits per heavy atom. The highest BCUT2D eigenvalue weighted by atomic mass is 32.2. The van der Waals surface area contributed by atoms with Crippen molar-refractivity contribution in [1.29, 1.82) is 0 Å². The fourth-order valence-electron chi connectivity index (χ4n) is 2.24. The molecule has 5 nitrogen and oxygen atoms in total. The van der Waals surface area contributed by atoms with Crippen molar-refractivity contribution in [3.05, 3.63) is 71.6 Å². The first-order valence-electron chi connectivity index (χ1n) is 7.89. The molecular weight excluding hydrogens is 336 g/mol. The molecule has 2 aromatic carbocycles. The van der Waals surface area contributed by atoms with Crippen molar-refractivity contribution >= 4 is 17.5 Å². The normalized spacial score (nSPS) is 11.9. The van der Waals surface area contributed by atoms with E-state index < -0.39 is 0 Å². The van der Waals surface area contributed by atoms with Gasteiger partial charge in [-0.25, -0.2) is 0 Å². The second kappa shape index (κ2) is 7.98. The van der Waals surface area contributed by atoms with Crippen molar-refractivity contribution < 1.29 is 13.9 Å². The molecule has 0 saturated carbocycles. The van der Waals surface area contributed by atoms with E-state index in [-0.39, 0.29) is 17.6 Å². The van der Waals surface area contributed by atoms with Crippen LogP contribution in [0.2, 0.25) is 0 Å². The maximum Gasteiger partial charge on any atom is 0.277 e. The summed E-state index contributed by atoms with van der Waals surface area (Å²) in [6.45, 7) is 4.02. The molecule has 25 heavy (non-hydrogen) atoms. The summed E-state index contributed by atoms with van der Waals surface area (Å²) in [6, 6.07) is 16.9. The number of hydrogen-bond acceptors (Lipinski definition) is 6. The van der Waals surface area contributed by atoms with E-state index >= 15 is 0 Å². The van der Waals surface area contributed by atoms with Crippen LogP contribution in [-0.4, -0.2) is 21.2 Å². The molecule has 1 heterocycles. The van der Waals surface area contributed by atoms with Gasteiger partial charge in [-0.1, -0.05) is 54.2 Å². The van der Waals surface area contributed by atoms with Gasteiger partial charge in [-0.15, -0.1) is 10.2 Å². The summed E-state index contributed by atoms with van der Waals surface area (Å²) < 4.78 is 11.2. The van der Waals surface area contributed by atoms with E-state index in [1.165, 1.54) is 11.8 Å². The first kappa shape index (κ1) is 17.2. The van der Waals surface area contributed by atoms with E-state index in [0.717, 1.165) is 11.3 Å². The quantitative estimate of drug-likeness (QED) is 0.465. The summed E-state index contributed by atoms with van der Waals surface area (Å²) in [5.41, 5.74) is 1.79. The number of nitrogens with zero attached hydrogens (tertiary/aromatic N) is 2. The standard InChI is InChI=1S/C19H18N2O3S/c1-13-7-6-10-16(11-13)23-12-17-20-21-19(24-17)25-14(2)18(22)15-8-4-3-5-9-15/h3-11,14H,12H2,1-2H3. The van der Waals surface area contributed by atoms with Crippen LogP contribution < -0.4 is 4.74 Å². The summed E-state index contributed by atoms with van der Waals surface area (Å²) in [5.74, 6) is 1.16. The smallest absolute Gasteiger partial charge is 0.277 e. The molecule has 1 unspecified atom stereocenters. The molecule has 6 heteroatoms. The van der Waals surface area contributed by atoms with Crippen LogP contribution in [0.15, 0.2) is 64.2 Å². The van der Waals surface area contributed by atoms with Gasteiger partial charge in [-0.05, 0) is 31.5 Å². The van der Waals surface area contributed by atoms with E-state index in [1.807, 2.05) is 56.3 Å². The molecule has 1 atom stereocenters. The van der Waals surface area contributed by atoms with Crippen molar-refractivity contribution in [2.75, 3.05) is 0 Å². The average molecular weight is 354 g/mol. The van der Waals surface area contributed by atoms with Gasteiger partial charge in [0.25, 0.3) is 11.1 Å². The summed E-state index contributed by atoms with van der Waals surface area (Å²) >= 11 is 1.25. The van der Waals surface area contributed by atoms with E-state index in [4.69, 9.17) is 9.15 Å². The molecule has 3 aromatic rings. The highest BCUT2D eigenvalue weighted by Gasteiger charge is 2.19. The first-order valence-corrected chi connectivity index (χ1v) is 8.77. The van der Waals surface area contributed by atoms with Crippen LogP contribution in [0.25, 0.3) is 0 Å². The third-order valence-electron chi connectivity index (χ3n) is 3.51. The number of Topliss-reactive ketones (excluding diaryl/α,β-unsaturated/α-hetero) is 1. The van der Waals surface area contributed by atoms with Crippen LogP contribution in [0.4, 0.5) is 0 Å². The van der Waals surface area contributed by atoms with Crippen LogP contribution in [0, 0.1) is 6.92 Å². The number of aromatic nitrogens is 2. The van der Waals surface area contributed by atoms with Crippen molar-refractivity contribution in [1.82, 2.24) is 10.2 Å². The number of ketones is 1. The molecule has 0 amide bonds. The van der Waals surface area contributed by atoms with Crippen LogP contribution in [0.5, 0.6) is 5.75 Å². The zero-order valence-corrected chi connectivity index (χ0v) is 14.8. The van der Waals surface area contributed by atoms with Gasteiger partial charge < -0.3 is 9.15 Å². The van der Waals surface area contributed by atoms with Gasteiger partial charge in [0.05, 0.1) is 5.25 Å². The molecule has 0 aliphatic heterocycles. The lowest BCUT2D eigenvalue weighted by atomic mass is 10.1. The Bertz CT molecular complexity index is 849. The van der Waals surface area contributed by atoms with Gasteiger partial charge in [-0.2, -0.15) is 0 Å². The maximum absolute atomic E-state index is 12.4. The molecular formula is C19H18N2O3S. The average Bonchev–Trinajstić information content (AvgIpc) is 3.07. The topological polar surface area (TPSA) is 65.2 Å². The number of thioether (sulfide) groups is 1. The van der Waals surface area contributed by atoms with Crippen LogP contribution in [-0.2, 0) is 6.61 Å². The predicted octanol–water partition coefficient (Wildman–Crippen LogP) is 4.32. The Kier molecular flexibility index (Phi) is 5.50. The largest absolute Gasteiger partial charge is 0.484 e. The Morgan fingerprint density at radius 2 is 1.96 bits per heavy atom. The Morgan fingerprint density at radius 1 is 1.16 bits per heavy atom. The van der Waals surface area contributed by atoms with Gasteiger partial charge in [0, 0.05) is 5.56 Å². The summed E-state index contributed by atoms with van der Waals surface area (Å²) in [4.78, 5) is 12.4. The van der Waals surface area contributed by atoms with Crippen molar-refractivity contribution in [3.8, 4) is 5.75 Å². The second-order valence-corrected chi connectivity index (χ2v) is 6.85. The number of ether oxygens (including phenoxy) is 1. The van der Waals surface area contributed by atoms with Gasteiger partial charge in [0.15, 0.2) is 12.4 Å². The van der Waals surface area contributed by atoms with E-state index in [1.54, 1.807) is 12.1 Å². The van der Waals surface area contributed by atoms with Crippen molar-refractivity contribution in [3.63, 3.8) is 0 Å². The third kappa shape index (κ3) is 4.70. The molecule has 1 aromatic heterocycles. The first-order chi connectivity index (χ1) is 12.1. The molecule has 0 aliphatic carbocycles. The minimum Gasteiger partial charge on any atom is -0.484 e. The molecule has 3 rings (SSSR count). The Balaban J connectivity index is 1.57. The SMILES string of the molecule is Cc1cccc(OCc2nnc(SC(C)C(=O)c3ccccc3)o2)c1. The van der Waals surface area contributed by atoms with Crippen LogP contribution >= 0.6 is 11.8 Å². The van der Waals surface area contributed by atoms with Crippen molar-refractivity contribution in [2.45, 2.75) is 30.9 Å². The maximum atomic E-state index is 12.4. The fourth-order valence-corrected chi connectivity index (χ4v) is 3.01. The lowest BCUT2D eigenvalue weighted by molar-refractivity contribution is 0.0993. The minimum absolute atomic E-state index is 0.0290. The van der Waals surface area contributed by atoms with E-state index in [0.29, 0.717) is 16.7 Å². The van der Waals surface area contributed by atoms with E-state index in [2.05, 4.69) is 10.2 Å². The number of carbonyl (C=O) groups is 1. The molecule has 0 fully saturated rings. The lowest BCUT2D eigenvalue weighted by Crippen LogP contribution is -2.13. The van der Waals surface area contributed by atoms with Crippen molar-refractivity contribution in [2.24, 2.45) is 0 Å². The number of carbonyl (C=O) groups excluding carboxylic acids is 1. The van der Waals surface area contributed by atoms with Crippen LogP contribution in [0.1, 0.15) is 28.7 Å². The summed E-state index contributed by atoms with van der Waals surface area (Å²) in [7, 11) is 0. The van der Waals surface area contributed by atoms with E-state index in [9.17, 15) is 4.79 Å². The fraction of sp³-hybridized carbons (Fsp3) is 0.211. The zero-order chi connectivity index (χ0) is 17.6. The molecule has 128 valence electrons. The number of aryl methyl sites for hydroxylation is 1.